The van der Waals surface area contributed by atoms with Crippen LogP contribution in [0.15, 0.2) is 33.3 Å². The highest BCUT2D eigenvalue weighted by atomic mass is 127. The van der Waals surface area contributed by atoms with E-state index in [1.54, 1.807) is 0 Å². The minimum atomic E-state index is 0.809. The highest BCUT2D eigenvalue weighted by Gasteiger charge is 2.10. The van der Waals surface area contributed by atoms with Crippen molar-refractivity contribution in [3.05, 3.63) is 38.3 Å². The van der Waals surface area contributed by atoms with Crippen molar-refractivity contribution >= 4 is 38.5 Å². The molecule has 3 nitrogen and oxygen atoms in total. The predicted octanol–water partition coefficient (Wildman–Crippen LogP) is 4.64. The van der Waals surface area contributed by atoms with Crippen molar-refractivity contribution in [2.75, 3.05) is 13.1 Å². The summed E-state index contributed by atoms with van der Waals surface area (Å²) in [5.74, 6) is 1.64. The molecule has 0 aliphatic rings. The lowest BCUT2D eigenvalue weighted by atomic mass is 10.2. The number of halogens is 2. The SMILES string of the molecule is CCCNCCCc1ncc(-c2cc(I)ccc2Br)o1. The Morgan fingerprint density at radius 2 is 2.20 bits per heavy atom. The Balaban J connectivity index is 1.96. The summed E-state index contributed by atoms with van der Waals surface area (Å²) in [5.41, 5.74) is 1.06. The van der Waals surface area contributed by atoms with Gasteiger partial charge in [-0.25, -0.2) is 4.98 Å². The summed E-state index contributed by atoms with van der Waals surface area (Å²) in [6.07, 6.45) is 4.90. The molecule has 0 aliphatic heterocycles. The van der Waals surface area contributed by atoms with E-state index in [1.807, 2.05) is 12.3 Å². The molecule has 0 saturated carbocycles. The van der Waals surface area contributed by atoms with Crippen molar-refractivity contribution in [1.82, 2.24) is 10.3 Å². The van der Waals surface area contributed by atoms with Crippen LogP contribution in [0.1, 0.15) is 25.7 Å². The number of hydrogen-bond donors (Lipinski definition) is 1. The Labute approximate surface area is 141 Å². The van der Waals surface area contributed by atoms with Gasteiger partial charge in [0, 0.05) is 20.0 Å². The molecule has 0 atom stereocenters. The average molecular weight is 449 g/mol. The van der Waals surface area contributed by atoms with E-state index >= 15 is 0 Å². The second kappa shape index (κ2) is 8.14. The monoisotopic (exact) mass is 448 g/mol. The van der Waals surface area contributed by atoms with Gasteiger partial charge in [0.2, 0.25) is 0 Å². The van der Waals surface area contributed by atoms with Crippen LogP contribution in [-0.4, -0.2) is 18.1 Å². The second-order valence-corrected chi connectivity index (χ2v) is 6.70. The number of nitrogens with one attached hydrogen (secondary N) is 1. The third-order valence-electron chi connectivity index (χ3n) is 2.92. The highest BCUT2D eigenvalue weighted by Crippen LogP contribution is 2.30. The zero-order chi connectivity index (χ0) is 14.4. The van der Waals surface area contributed by atoms with Crippen LogP contribution < -0.4 is 5.32 Å². The van der Waals surface area contributed by atoms with Gasteiger partial charge >= 0.3 is 0 Å². The van der Waals surface area contributed by atoms with Gasteiger partial charge in [-0.2, -0.15) is 0 Å². The van der Waals surface area contributed by atoms with E-state index in [-0.39, 0.29) is 0 Å². The van der Waals surface area contributed by atoms with Crippen molar-refractivity contribution < 1.29 is 4.42 Å². The smallest absolute Gasteiger partial charge is 0.194 e. The van der Waals surface area contributed by atoms with Gasteiger partial charge in [0.25, 0.3) is 0 Å². The van der Waals surface area contributed by atoms with Gasteiger partial charge in [0.1, 0.15) is 0 Å². The van der Waals surface area contributed by atoms with Crippen LogP contribution in [0.3, 0.4) is 0 Å². The van der Waals surface area contributed by atoms with E-state index < -0.39 is 0 Å². The summed E-state index contributed by atoms with van der Waals surface area (Å²) in [7, 11) is 0. The largest absolute Gasteiger partial charge is 0.441 e. The summed E-state index contributed by atoms with van der Waals surface area (Å²) in [6, 6.07) is 6.19. The number of hydrogen-bond acceptors (Lipinski definition) is 3. The molecular formula is C15H18BrIN2O. The van der Waals surface area contributed by atoms with Gasteiger partial charge < -0.3 is 9.73 Å². The van der Waals surface area contributed by atoms with Crippen LogP contribution in [0, 0.1) is 3.57 Å². The van der Waals surface area contributed by atoms with Gasteiger partial charge in [-0.3, -0.25) is 0 Å². The molecule has 2 aromatic rings. The number of rotatable bonds is 7. The van der Waals surface area contributed by atoms with E-state index in [2.05, 4.69) is 67.9 Å². The van der Waals surface area contributed by atoms with Crippen molar-refractivity contribution in [2.45, 2.75) is 26.2 Å². The Morgan fingerprint density at radius 1 is 1.35 bits per heavy atom. The Kier molecular flexibility index (Phi) is 6.51. The third kappa shape index (κ3) is 4.56. The molecule has 108 valence electrons. The molecule has 0 spiro atoms. The number of aromatic nitrogens is 1. The Morgan fingerprint density at radius 3 is 3.00 bits per heavy atom. The van der Waals surface area contributed by atoms with Crippen LogP contribution >= 0.6 is 38.5 Å². The first-order chi connectivity index (χ1) is 9.70. The molecule has 1 aromatic carbocycles. The topological polar surface area (TPSA) is 38.1 Å². The zero-order valence-corrected chi connectivity index (χ0v) is 15.2. The fraction of sp³-hybridized carbons (Fsp3) is 0.400. The number of aryl methyl sites for hydroxylation is 1. The minimum absolute atomic E-state index is 0.809. The van der Waals surface area contributed by atoms with Gasteiger partial charge in [0.15, 0.2) is 11.7 Å². The Hall–Kier alpha value is -0.400. The molecule has 20 heavy (non-hydrogen) atoms. The van der Waals surface area contributed by atoms with Crippen molar-refractivity contribution in [2.24, 2.45) is 0 Å². The lowest BCUT2D eigenvalue weighted by molar-refractivity contribution is 0.491. The predicted molar refractivity (Wildman–Crippen MR) is 93.8 cm³/mol. The summed E-state index contributed by atoms with van der Waals surface area (Å²) < 4.78 is 8.06. The normalized spacial score (nSPS) is 10.9. The van der Waals surface area contributed by atoms with Crippen LogP contribution in [0.5, 0.6) is 0 Å². The average Bonchev–Trinajstić information content (AvgIpc) is 2.90. The lowest BCUT2D eigenvalue weighted by Crippen LogP contribution is -2.16. The van der Waals surface area contributed by atoms with Crippen LogP contribution in [0.2, 0.25) is 0 Å². The summed E-state index contributed by atoms with van der Waals surface area (Å²) in [4.78, 5) is 4.36. The van der Waals surface area contributed by atoms with E-state index in [1.165, 1.54) is 9.99 Å². The van der Waals surface area contributed by atoms with Crippen LogP contribution in [0.25, 0.3) is 11.3 Å². The van der Waals surface area contributed by atoms with E-state index in [9.17, 15) is 0 Å². The first kappa shape index (κ1) is 16.0. The number of oxazole rings is 1. The van der Waals surface area contributed by atoms with Gasteiger partial charge in [-0.1, -0.05) is 22.9 Å². The second-order valence-electron chi connectivity index (χ2n) is 4.60. The maximum Gasteiger partial charge on any atom is 0.194 e. The summed E-state index contributed by atoms with van der Waals surface area (Å²) >= 11 is 5.86. The molecule has 0 radical (unpaired) electrons. The van der Waals surface area contributed by atoms with Crippen LogP contribution in [-0.2, 0) is 6.42 Å². The van der Waals surface area contributed by atoms with E-state index in [0.29, 0.717) is 0 Å². The van der Waals surface area contributed by atoms with Crippen molar-refractivity contribution in [3.8, 4) is 11.3 Å². The van der Waals surface area contributed by atoms with Crippen molar-refractivity contribution in [1.29, 1.82) is 0 Å². The molecule has 1 aromatic heterocycles. The third-order valence-corrected chi connectivity index (χ3v) is 4.28. The molecular weight excluding hydrogens is 431 g/mol. The standard InChI is InChI=1S/C15H18BrIN2O/c1-2-7-18-8-3-4-15-19-10-14(20-15)12-9-11(17)5-6-13(12)16/h5-6,9-10,18H,2-4,7-8H2,1H3. The zero-order valence-electron chi connectivity index (χ0n) is 11.5. The molecule has 1 heterocycles. The number of benzene rings is 1. The molecule has 0 saturated heterocycles. The van der Waals surface area contributed by atoms with Gasteiger partial charge in [-0.05, 0) is 66.7 Å². The fourth-order valence-electron chi connectivity index (χ4n) is 1.90. The van der Waals surface area contributed by atoms with E-state index in [0.717, 1.165) is 47.6 Å². The Bertz CT molecular complexity index is 557. The maximum atomic E-state index is 5.84. The van der Waals surface area contributed by atoms with Crippen molar-refractivity contribution in [3.63, 3.8) is 0 Å². The molecule has 0 amide bonds. The molecule has 1 N–H and O–H groups in total. The summed E-state index contributed by atoms with van der Waals surface area (Å²) in [5, 5.41) is 3.38. The molecule has 0 fully saturated rings. The molecule has 5 heteroatoms. The molecule has 0 unspecified atom stereocenters. The van der Waals surface area contributed by atoms with Gasteiger partial charge in [-0.15, -0.1) is 0 Å². The first-order valence-electron chi connectivity index (χ1n) is 6.81. The van der Waals surface area contributed by atoms with E-state index in [4.69, 9.17) is 4.42 Å². The maximum absolute atomic E-state index is 5.84. The summed E-state index contributed by atoms with van der Waals surface area (Å²) in [6.45, 7) is 4.26. The van der Waals surface area contributed by atoms with Gasteiger partial charge in [0.05, 0.1) is 6.20 Å². The number of nitrogens with zero attached hydrogens (tertiary/aromatic N) is 1. The molecule has 0 bridgehead atoms. The quantitative estimate of drug-likeness (QED) is 0.495. The lowest BCUT2D eigenvalue weighted by Gasteiger charge is -2.02. The highest BCUT2D eigenvalue weighted by molar-refractivity contribution is 14.1. The fourth-order valence-corrected chi connectivity index (χ4v) is 2.84. The molecule has 2 rings (SSSR count). The van der Waals surface area contributed by atoms with Crippen LogP contribution in [0.4, 0.5) is 0 Å². The minimum Gasteiger partial charge on any atom is -0.441 e. The molecule has 0 aliphatic carbocycles. The first-order valence-corrected chi connectivity index (χ1v) is 8.68.